The molecule has 1 aromatic heterocycles. The van der Waals surface area contributed by atoms with E-state index in [1.165, 1.54) is 21.1 Å². The number of likely N-dealkylation sites (N-methyl/N-ethyl adjacent to an activating group) is 1. The first-order valence-corrected chi connectivity index (χ1v) is 8.86. The van der Waals surface area contributed by atoms with Gasteiger partial charge >= 0.3 is 0 Å². The number of carbonyl (C=O) groups excluding carboxylic acids is 1. The summed E-state index contributed by atoms with van der Waals surface area (Å²) in [4.78, 5) is 40.6. The lowest BCUT2D eigenvalue weighted by molar-refractivity contribution is -0.112. The number of aromatic nitrogens is 2. The summed E-state index contributed by atoms with van der Waals surface area (Å²) in [6.45, 7) is 0. The van der Waals surface area contributed by atoms with Gasteiger partial charge in [-0.05, 0) is 17.7 Å². The Labute approximate surface area is 160 Å². The molecule has 0 radical (unpaired) electrons. The zero-order valence-corrected chi connectivity index (χ0v) is 15.8. The van der Waals surface area contributed by atoms with Crippen LogP contribution in [0.25, 0.3) is 11.6 Å². The highest BCUT2D eigenvalue weighted by Gasteiger charge is 2.31. The number of nitrogens with zero attached hydrogens (tertiary/aromatic N) is 3. The van der Waals surface area contributed by atoms with Crippen LogP contribution >= 0.6 is 0 Å². The number of hydrogen-bond acceptors (Lipinski definition) is 3. The predicted octanol–water partition coefficient (Wildman–Crippen LogP) is 0.0882. The van der Waals surface area contributed by atoms with Crippen molar-refractivity contribution in [2.75, 3.05) is 11.9 Å². The SMILES string of the molecule is CN1C(=O)C(=c2c(=O)n(C)c(=Cc3ccccc3)c(=O)n2C)c2ccccc21. The van der Waals surface area contributed by atoms with E-state index in [1.807, 2.05) is 48.5 Å². The minimum atomic E-state index is -0.391. The van der Waals surface area contributed by atoms with Crippen molar-refractivity contribution in [2.24, 2.45) is 14.1 Å². The van der Waals surface area contributed by atoms with E-state index in [9.17, 15) is 14.4 Å². The summed E-state index contributed by atoms with van der Waals surface area (Å²) in [5, 5.41) is 0.356. The van der Waals surface area contributed by atoms with E-state index in [0.29, 0.717) is 5.56 Å². The van der Waals surface area contributed by atoms with Gasteiger partial charge < -0.3 is 14.0 Å². The molecule has 1 aliphatic heterocycles. The number of fused-ring (bicyclic) bond motifs is 1. The molecule has 0 saturated carbocycles. The van der Waals surface area contributed by atoms with E-state index < -0.39 is 5.56 Å². The average molecular weight is 373 g/mol. The first-order chi connectivity index (χ1) is 13.4. The summed E-state index contributed by atoms with van der Waals surface area (Å²) in [5.41, 5.74) is 1.71. The van der Waals surface area contributed by atoms with E-state index in [2.05, 4.69) is 0 Å². The second-order valence-electron chi connectivity index (χ2n) is 6.77. The molecule has 0 spiro atoms. The maximum absolute atomic E-state index is 13.2. The minimum absolute atomic E-state index is 0.0968. The van der Waals surface area contributed by atoms with Crippen LogP contribution < -0.4 is 26.7 Å². The molecule has 6 heteroatoms. The third-order valence-electron chi connectivity index (χ3n) is 5.12. The number of amides is 1. The Hall–Kier alpha value is -3.67. The van der Waals surface area contributed by atoms with E-state index in [4.69, 9.17) is 0 Å². The van der Waals surface area contributed by atoms with E-state index in [-0.39, 0.29) is 27.7 Å². The molecule has 0 unspecified atom stereocenters. The molecule has 0 N–H and O–H groups in total. The number of rotatable bonds is 1. The monoisotopic (exact) mass is 373 g/mol. The molecule has 2 aromatic carbocycles. The Morgan fingerprint density at radius 2 is 1.39 bits per heavy atom. The van der Waals surface area contributed by atoms with Crippen molar-refractivity contribution in [1.82, 2.24) is 9.13 Å². The van der Waals surface area contributed by atoms with Crippen LogP contribution in [0, 0.1) is 0 Å². The van der Waals surface area contributed by atoms with Crippen molar-refractivity contribution in [3.05, 3.63) is 97.1 Å². The summed E-state index contributed by atoms with van der Waals surface area (Å²) < 4.78 is 2.59. The minimum Gasteiger partial charge on any atom is -0.311 e. The molecule has 6 nitrogen and oxygen atoms in total. The average Bonchev–Trinajstić information content (AvgIpc) is 2.96. The van der Waals surface area contributed by atoms with Crippen molar-refractivity contribution in [3.8, 4) is 0 Å². The third-order valence-corrected chi connectivity index (χ3v) is 5.12. The number of benzene rings is 2. The highest BCUT2D eigenvalue weighted by atomic mass is 16.2. The number of anilines is 1. The molecule has 0 saturated heterocycles. The standard InChI is InChI=1S/C22H19N3O3/c1-23-16-12-8-7-11-15(16)18(21(23)27)19-22(28)24(2)17(20(26)25(19)3)13-14-9-5-4-6-10-14/h4-13H,1-3H3. The van der Waals surface area contributed by atoms with Gasteiger partial charge in [0.1, 0.15) is 10.7 Å². The molecular weight excluding hydrogens is 354 g/mol. The van der Waals surface area contributed by atoms with Crippen LogP contribution in [0.4, 0.5) is 5.69 Å². The van der Waals surface area contributed by atoms with Crippen LogP contribution in [0.5, 0.6) is 0 Å². The molecule has 3 aromatic rings. The molecule has 2 heterocycles. The van der Waals surface area contributed by atoms with Crippen LogP contribution in [0.1, 0.15) is 11.1 Å². The van der Waals surface area contributed by atoms with Gasteiger partial charge in [-0.25, -0.2) is 0 Å². The Balaban J connectivity index is 2.15. The van der Waals surface area contributed by atoms with Crippen LogP contribution in [0.3, 0.4) is 0 Å². The van der Waals surface area contributed by atoms with Crippen LogP contribution in [0.15, 0.2) is 64.2 Å². The lowest BCUT2D eigenvalue weighted by Crippen LogP contribution is -2.57. The van der Waals surface area contributed by atoms with Gasteiger partial charge in [-0.3, -0.25) is 14.4 Å². The molecule has 0 atom stereocenters. The summed E-state index contributed by atoms with van der Waals surface area (Å²) in [7, 11) is 4.74. The van der Waals surface area contributed by atoms with Gasteiger partial charge in [0.05, 0.1) is 11.3 Å². The van der Waals surface area contributed by atoms with Crippen LogP contribution in [-0.2, 0) is 18.9 Å². The second-order valence-corrected chi connectivity index (χ2v) is 6.77. The molecular formula is C22H19N3O3. The fourth-order valence-corrected chi connectivity index (χ4v) is 3.57. The molecule has 1 amide bonds. The first-order valence-electron chi connectivity index (χ1n) is 8.86. The van der Waals surface area contributed by atoms with E-state index in [1.54, 1.807) is 26.2 Å². The molecule has 0 fully saturated rings. The quantitative estimate of drug-likeness (QED) is 0.607. The third kappa shape index (κ3) is 2.53. The number of hydrogen-bond donors (Lipinski definition) is 0. The van der Waals surface area contributed by atoms with Crippen LogP contribution in [0.2, 0.25) is 0 Å². The molecule has 1 aliphatic rings. The normalized spacial score (nSPS) is 15.9. The Morgan fingerprint density at radius 1 is 0.750 bits per heavy atom. The Kier molecular flexibility index (Phi) is 4.11. The van der Waals surface area contributed by atoms with Gasteiger partial charge in [-0.1, -0.05) is 48.5 Å². The molecule has 0 bridgehead atoms. The predicted molar refractivity (Wildman–Crippen MR) is 109 cm³/mol. The van der Waals surface area contributed by atoms with Gasteiger partial charge in [-0.2, -0.15) is 0 Å². The van der Waals surface area contributed by atoms with Gasteiger partial charge in [0.15, 0.2) is 0 Å². The summed E-state index contributed by atoms with van der Waals surface area (Å²) in [6, 6.07) is 16.6. The number of para-hydroxylation sites is 1. The Bertz CT molecular complexity index is 1350. The summed E-state index contributed by atoms with van der Waals surface area (Å²) in [5.74, 6) is -0.298. The summed E-state index contributed by atoms with van der Waals surface area (Å²) in [6.07, 6.45) is 1.68. The number of carbonyl (C=O) groups is 1. The van der Waals surface area contributed by atoms with Crippen molar-refractivity contribution >= 4 is 23.2 Å². The van der Waals surface area contributed by atoms with Crippen LogP contribution in [-0.4, -0.2) is 22.1 Å². The second kappa shape index (κ2) is 6.49. The maximum Gasteiger partial charge on any atom is 0.275 e. The summed E-state index contributed by atoms with van der Waals surface area (Å²) >= 11 is 0. The molecule has 4 rings (SSSR count). The maximum atomic E-state index is 13.2. The van der Waals surface area contributed by atoms with Gasteiger partial charge in [0.25, 0.3) is 17.0 Å². The first kappa shape index (κ1) is 17.7. The fourth-order valence-electron chi connectivity index (χ4n) is 3.57. The molecule has 140 valence electrons. The molecule has 0 aliphatic carbocycles. The van der Waals surface area contributed by atoms with Gasteiger partial charge in [-0.15, -0.1) is 0 Å². The largest absolute Gasteiger partial charge is 0.311 e. The topological polar surface area (TPSA) is 64.3 Å². The van der Waals surface area contributed by atoms with Crippen molar-refractivity contribution in [2.45, 2.75) is 0 Å². The highest BCUT2D eigenvalue weighted by Crippen LogP contribution is 2.33. The van der Waals surface area contributed by atoms with Crippen molar-refractivity contribution < 1.29 is 4.79 Å². The lowest BCUT2D eigenvalue weighted by atomic mass is 10.1. The van der Waals surface area contributed by atoms with Gasteiger partial charge in [0, 0.05) is 26.7 Å². The van der Waals surface area contributed by atoms with Crippen molar-refractivity contribution in [1.29, 1.82) is 0 Å². The van der Waals surface area contributed by atoms with Gasteiger partial charge in [0.2, 0.25) is 0 Å². The van der Waals surface area contributed by atoms with Crippen molar-refractivity contribution in [3.63, 3.8) is 0 Å². The zero-order chi connectivity index (χ0) is 20.0. The highest BCUT2D eigenvalue weighted by molar-refractivity contribution is 6.31. The van der Waals surface area contributed by atoms with E-state index in [0.717, 1.165) is 11.3 Å². The zero-order valence-electron chi connectivity index (χ0n) is 15.8. The molecule has 28 heavy (non-hydrogen) atoms. The lowest BCUT2D eigenvalue weighted by Gasteiger charge is -2.09. The van der Waals surface area contributed by atoms with E-state index >= 15 is 0 Å². The smallest absolute Gasteiger partial charge is 0.275 e. The Morgan fingerprint density at radius 3 is 2.11 bits per heavy atom. The fraction of sp³-hybridized carbons (Fsp3) is 0.136.